The molecular formula is C9H15N3O4S. The Morgan fingerprint density at radius 2 is 1.59 bits per heavy atom. The molecule has 2 aliphatic heterocycles. The van der Waals surface area contributed by atoms with Gasteiger partial charge in [0.05, 0.1) is 6.04 Å². The van der Waals surface area contributed by atoms with Crippen LogP contribution in [0.15, 0.2) is 0 Å². The maximum Gasteiger partial charge on any atom is 0.281 e. The van der Waals surface area contributed by atoms with Crippen LogP contribution < -0.4 is 0 Å². The van der Waals surface area contributed by atoms with Crippen molar-refractivity contribution < 1.29 is 18.0 Å². The van der Waals surface area contributed by atoms with Crippen LogP contribution in [0, 0.1) is 0 Å². The van der Waals surface area contributed by atoms with Crippen molar-refractivity contribution in [2.75, 3.05) is 27.2 Å². The Hall–Kier alpha value is -0.990. The van der Waals surface area contributed by atoms with Gasteiger partial charge >= 0.3 is 0 Å². The molecule has 2 fully saturated rings. The quantitative estimate of drug-likeness (QED) is 0.587. The van der Waals surface area contributed by atoms with Crippen molar-refractivity contribution in [1.82, 2.24) is 13.5 Å². The predicted octanol–water partition coefficient (Wildman–Crippen LogP) is -1.37. The van der Waals surface area contributed by atoms with Crippen molar-refractivity contribution in [3.8, 4) is 0 Å². The van der Waals surface area contributed by atoms with Gasteiger partial charge in [0.1, 0.15) is 0 Å². The molecule has 0 unspecified atom stereocenters. The van der Waals surface area contributed by atoms with Gasteiger partial charge in [-0.15, -0.1) is 0 Å². The van der Waals surface area contributed by atoms with Crippen LogP contribution in [-0.4, -0.2) is 67.0 Å². The fraction of sp³-hybridized carbons (Fsp3) is 0.778. The number of hydrogen-bond donors (Lipinski definition) is 0. The van der Waals surface area contributed by atoms with Crippen molar-refractivity contribution in [2.24, 2.45) is 0 Å². The summed E-state index contributed by atoms with van der Waals surface area (Å²) in [6.07, 6.45) is 0.492. The fourth-order valence-electron chi connectivity index (χ4n) is 2.00. The molecule has 0 spiro atoms. The maximum atomic E-state index is 11.7. The fourth-order valence-corrected chi connectivity index (χ4v) is 3.18. The van der Waals surface area contributed by atoms with E-state index in [1.165, 1.54) is 23.3 Å². The normalized spacial score (nSPS) is 23.6. The molecule has 2 saturated heterocycles. The molecule has 0 bridgehead atoms. The van der Waals surface area contributed by atoms with Crippen LogP contribution in [-0.2, 0) is 19.8 Å². The van der Waals surface area contributed by atoms with Gasteiger partial charge in [-0.1, -0.05) is 0 Å². The van der Waals surface area contributed by atoms with Gasteiger partial charge in [-0.2, -0.15) is 17.0 Å². The Balaban J connectivity index is 2.00. The van der Waals surface area contributed by atoms with E-state index < -0.39 is 10.2 Å². The zero-order chi connectivity index (χ0) is 12.8. The average molecular weight is 261 g/mol. The highest BCUT2D eigenvalue weighted by Crippen LogP contribution is 2.24. The topological polar surface area (TPSA) is 78.0 Å². The van der Waals surface area contributed by atoms with E-state index in [2.05, 4.69) is 0 Å². The van der Waals surface area contributed by atoms with Gasteiger partial charge in [-0.3, -0.25) is 14.5 Å². The molecule has 2 aliphatic rings. The van der Waals surface area contributed by atoms with Crippen LogP contribution in [0.3, 0.4) is 0 Å². The molecule has 0 atom stereocenters. The van der Waals surface area contributed by atoms with Gasteiger partial charge in [0.2, 0.25) is 11.8 Å². The van der Waals surface area contributed by atoms with Gasteiger partial charge in [-0.05, 0) is 0 Å². The highest BCUT2D eigenvalue weighted by Gasteiger charge is 2.45. The van der Waals surface area contributed by atoms with Gasteiger partial charge in [-0.25, -0.2) is 0 Å². The van der Waals surface area contributed by atoms with Gasteiger partial charge in [0.25, 0.3) is 10.2 Å². The van der Waals surface area contributed by atoms with Crippen LogP contribution in [0.25, 0.3) is 0 Å². The summed E-state index contributed by atoms with van der Waals surface area (Å²) in [4.78, 5) is 24.1. The van der Waals surface area contributed by atoms with E-state index >= 15 is 0 Å². The largest absolute Gasteiger partial charge is 0.281 e. The Morgan fingerprint density at radius 3 is 2.00 bits per heavy atom. The number of likely N-dealkylation sites (tertiary alicyclic amines) is 1. The zero-order valence-electron chi connectivity index (χ0n) is 9.79. The van der Waals surface area contributed by atoms with Crippen molar-refractivity contribution >= 4 is 22.0 Å². The summed E-state index contributed by atoms with van der Waals surface area (Å²) in [7, 11) is -0.514. The van der Waals surface area contributed by atoms with E-state index in [0.717, 1.165) is 4.31 Å². The van der Waals surface area contributed by atoms with E-state index in [1.807, 2.05) is 0 Å². The van der Waals surface area contributed by atoms with Crippen molar-refractivity contribution in [2.45, 2.75) is 18.9 Å². The van der Waals surface area contributed by atoms with Gasteiger partial charge in [0, 0.05) is 40.0 Å². The number of carbonyl (C=O) groups is 2. The maximum absolute atomic E-state index is 11.7. The number of rotatable bonds is 3. The molecule has 96 valence electrons. The predicted molar refractivity (Wildman–Crippen MR) is 59.1 cm³/mol. The minimum absolute atomic E-state index is 0.193. The SMILES string of the molecule is CN(C)S(=O)(=O)N1CC(N2C(=O)CCC2=O)C1. The number of amides is 2. The van der Waals surface area contributed by atoms with Gasteiger partial charge < -0.3 is 0 Å². The first-order valence-electron chi connectivity index (χ1n) is 5.36. The van der Waals surface area contributed by atoms with Crippen LogP contribution >= 0.6 is 0 Å². The first-order chi connectivity index (χ1) is 7.84. The van der Waals surface area contributed by atoms with E-state index in [0.29, 0.717) is 0 Å². The molecular weight excluding hydrogens is 246 g/mol. The van der Waals surface area contributed by atoms with Crippen molar-refractivity contribution in [3.05, 3.63) is 0 Å². The summed E-state index contributed by atoms with van der Waals surface area (Å²) in [5.74, 6) is -0.385. The molecule has 7 nitrogen and oxygen atoms in total. The molecule has 2 heterocycles. The highest BCUT2D eigenvalue weighted by molar-refractivity contribution is 7.86. The van der Waals surface area contributed by atoms with Crippen LogP contribution in [0.1, 0.15) is 12.8 Å². The third-order valence-corrected chi connectivity index (χ3v) is 4.95. The smallest absolute Gasteiger partial charge is 0.277 e. The molecule has 8 heteroatoms. The number of carbonyl (C=O) groups excluding carboxylic acids is 2. The van der Waals surface area contributed by atoms with Crippen molar-refractivity contribution in [3.63, 3.8) is 0 Å². The molecule has 17 heavy (non-hydrogen) atoms. The van der Waals surface area contributed by atoms with Crippen LogP contribution in [0.4, 0.5) is 0 Å². The molecule has 0 aromatic heterocycles. The lowest BCUT2D eigenvalue weighted by Crippen LogP contribution is -2.63. The molecule has 0 aliphatic carbocycles. The molecule has 0 aromatic carbocycles. The first kappa shape index (κ1) is 12.5. The summed E-state index contributed by atoms with van der Waals surface area (Å²) in [6, 6.07) is -0.285. The van der Waals surface area contributed by atoms with Crippen molar-refractivity contribution in [1.29, 1.82) is 0 Å². The second-order valence-corrected chi connectivity index (χ2v) is 6.56. The summed E-state index contributed by atoms with van der Waals surface area (Å²) < 4.78 is 25.8. The van der Waals surface area contributed by atoms with Crippen LogP contribution in [0.2, 0.25) is 0 Å². The molecule has 0 radical (unpaired) electrons. The van der Waals surface area contributed by atoms with E-state index in [-0.39, 0.29) is 43.8 Å². The molecule has 0 N–H and O–H groups in total. The number of imide groups is 1. The number of hydrogen-bond acceptors (Lipinski definition) is 4. The summed E-state index contributed by atoms with van der Waals surface area (Å²) >= 11 is 0. The molecule has 2 rings (SSSR count). The minimum atomic E-state index is -3.42. The lowest BCUT2D eigenvalue weighted by atomic mass is 10.1. The zero-order valence-corrected chi connectivity index (χ0v) is 10.6. The average Bonchev–Trinajstić information content (AvgIpc) is 2.46. The Bertz CT molecular complexity index is 437. The Labute approximate surface area is 100 Å². The lowest BCUT2D eigenvalue weighted by molar-refractivity contribution is -0.143. The highest BCUT2D eigenvalue weighted by atomic mass is 32.2. The van der Waals surface area contributed by atoms with E-state index in [9.17, 15) is 18.0 Å². The summed E-state index contributed by atoms with van der Waals surface area (Å²) in [5, 5.41) is 0. The lowest BCUT2D eigenvalue weighted by Gasteiger charge is -2.42. The first-order valence-corrected chi connectivity index (χ1v) is 6.76. The second-order valence-electron chi connectivity index (χ2n) is 4.42. The third-order valence-electron chi connectivity index (χ3n) is 3.07. The Morgan fingerprint density at radius 1 is 1.12 bits per heavy atom. The summed E-state index contributed by atoms with van der Waals surface area (Å²) in [6.45, 7) is 0.413. The summed E-state index contributed by atoms with van der Waals surface area (Å²) in [5.41, 5.74) is 0. The molecule has 0 aromatic rings. The molecule has 0 saturated carbocycles. The number of nitrogens with zero attached hydrogens (tertiary/aromatic N) is 3. The van der Waals surface area contributed by atoms with E-state index in [1.54, 1.807) is 0 Å². The molecule has 2 amide bonds. The second kappa shape index (κ2) is 4.04. The third kappa shape index (κ3) is 1.96. The van der Waals surface area contributed by atoms with Gasteiger partial charge in [0.15, 0.2) is 0 Å². The standard InChI is InChI=1S/C9H15N3O4S/c1-10(2)17(15,16)11-5-7(6-11)12-8(13)3-4-9(12)14/h7H,3-6H2,1-2H3. The van der Waals surface area contributed by atoms with E-state index in [4.69, 9.17) is 0 Å². The monoisotopic (exact) mass is 261 g/mol. The minimum Gasteiger partial charge on any atom is -0.277 e. The Kier molecular flexibility index (Phi) is 2.96. The van der Waals surface area contributed by atoms with Crippen LogP contribution in [0.5, 0.6) is 0 Å².